The summed E-state index contributed by atoms with van der Waals surface area (Å²) < 4.78 is 5.67. The molecular formula is C21H39IN6O2. The molecule has 9 heteroatoms. The first kappa shape index (κ1) is 24.0. The van der Waals surface area contributed by atoms with Crippen molar-refractivity contribution in [3.63, 3.8) is 0 Å². The normalized spacial score (nSPS) is 25.6. The van der Waals surface area contributed by atoms with E-state index in [2.05, 4.69) is 30.3 Å². The van der Waals surface area contributed by atoms with Crippen molar-refractivity contribution in [3.05, 3.63) is 0 Å². The van der Waals surface area contributed by atoms with Crippen molar-refractivity contribution >= 4 is 35.8 Å². The third-order valence-corrected chi connectivity index (χ3v) is 6.97. The number of likely N-dealkylation sites (tertiary alicyclic amines) is 1. The Morgan fingerprint density at radius 1 is 1.07 bits per heavy atom. The molecular weight excluding hydrogens is 495 g/mol. The first-order valence-electron chi connectivity index (χ1n) is 11.5. The Kier molecular flexibility index (Phi) is 9.03. The average Bonchev–Trinajstić information content (AvgIpc) is 3.37. The van der Waals surface area contributed by atoms with Crippen molar-refractivity contribution in [1.82, 2.24) is 25.3 Å². The highest BCUT2D eigenvalue weighted by atomic mass is 127. The minimum Gasteiger partial charge on any atom is -0.381 e. The van der Waals surface area contributed by atoms with E-state index in [1.807, 2.05) is 7.05 Å². The summed E-state index contributed by atoms with van der Waals surface area (Å²) in [6, 6.07) is 0.444. The van der Waals surface area contributed by atoms with Gasteiger partial charge < -0.3 is 20.3 Å². The van der Waals surface area contributed by atoms with Gasteiger partial charge >= 0.3 is 0 Å². The number of hydrogen-bond acceptors (Lipinski definition) is 5. The van der Waals surface area contributed by atoms with E-state index < -0.39 is 0 Å². The van der Waals surface area contributed by atoms with Gasteiger partial charge in [0, 0.05) is 64.6 Å². The van der Waals surface area contributed by atoms with Crippen LogP contribution in [-0.2, 0) is 9.53 Å². The lowest BCUT2D eigenvalue weighted by Gasteiger charge is -2.45. The van der Waals surface area contributed by atoms with Gasteiger partial charge in [0.1, 0.15) is 0 Å². The molecule has 172 valence electrons. The molecule has 4 fully saturated rings. The monoisotopic (exact) mass is 534 g/mol. The molecule has 4 aliphatic rings. The second kappa shape index (κ2) is 11.3. The van der Waals surface area contributed by atoms with Crippen LogP contribution in [0.25, 0.3) is 0 Å². The van der Waals surface area contributed by atoms with E-state index in [0.717, 1.165) is 77.6 Å². The molecule has 0 aromatic rings. The highest BCUT2D eigenvalue weighted by Gasteiger charge is 2.40. The minimum absolute atomic E-state index is 0. The fourth-order valence-corrected chi connectivity index (χ4v) is 4.95. The van der Waals surface area contributed by atoms with Crippen LogP contribution >= 0.6 is 24.0 Å². The Labute approximate surface area is 198 Å². The van der Waals surface area contributed by atoms with Crippen LogP contribution < -0.4 is 10.6 Å². The zero-order valence-corrected chi connectivity index (χ0v) is 20.7. The van der Waals surface area contributed by atoms with Gasteiger partial charge in [-0.05, 0) is 51.6 Å². The van der Waals surface area contributed by atoms with Crippen molar-refractivity contribution in [2.45, 2.75) is 50.1 Å². The van der Waals surface area contributed by atoms with Gasteiger partial charge in [0.25, 0.3) is 0 Å². The number of carbonyl (C=O) groups excluding carboxylic acids is 1. The zero-order chi connectivity index (χ0) is 20.1. The largest absolute Gasteiger partial charge is 0.381 e. The van der Waals surface area contributed by atoms with Crippen LogP contribution in [0.1, 0.15) is 38.5 Å². The van der Waals surface area contributed by atoms with Crippen molar-refractivity contribution in [1.29, 1.82) is 0 Å². The molecule has 1 saturated carbocycles. The molecule has 0 aromatic carbocycles. The molecule has 8 nitrogen and oxygen atoms in total. The van der Waals surface area contributed by atoms with E-state index in [4.69, 9.17) is 4.74 Å². The van der Waals surface area contributed by atoms with E-state index >= 15 is 0 Å². The van der Waals surface area contributed by atoms with E-state index in [1.165, 1.54) is 25.9 Å². The van der Waals surface area contributed by atoms with Crippen molar-refractivity contribution in [2.75, 3.05) is 72.6 Å². The maximum Gasteiger partial charge on any atom is 0.234 e. The van der Waals surface area contributed by atoms with Crippen LogP contribution in [0.2, 0.25) is 0 Å². The van der Waals surface area contributed by atoms with E-state index in [-0.39, 0.29) is 35.4 Å². The van der Waals surface area contributed by atoms with Gasteiger partial charge in [-0.25, -0.2) is 0 Å². The topological polar surface area (TPSA) is 72.4 Å². The van der Waals surface area contributed by atoms with Crippen molar-refractivity contribution in [2.24, 2.45) is 4.99 Å². The summed E-state index contributed by atoms with van der Waals surface area (Å²) in [7, 11) is 1.88. The van der Waals surface area contributed by atoms with Gasteiger partial charge in [-0.2, -0.15) is 0 Å². The van der Waals surface area contributed by atoms with Gasteiger partial charge in [0.05, 0.1) is 6.54 Å². The fourth-order valence-electron chi connectivity index (χ4n) is 4.95. The highest BCUT2D eigenvalue weighted by molar-refractivity contribution is 14.0. The molecule has 3 heterocycles. The summed E-state index contributed by atoms with van der Waals surface area (Å²) in [5, 5.41) is 6.79. The van der Waals surface area contributed by atoms with Crippen LogP contribution in [-0.4, -0.2) is 111 Å². The molecule has 30 heavy (non-hydrogen) atoms. The van der Waals surface area contributed by atoms with E-state index in [9.17, 15) is 4.79 Å². The Hall–Kier alpha value is -0.650. The minimum atomic E-state index is 0. The summed E-state index contributed by atoms with van der Waals surface area (Å²) in [5.74, 6) is 1.17. The molecule has 0 atom stereocenters. The molecule has 1 aliphatic carbocycles. The summed E-state index contributed by atoms with van der Waals surface area (Å²) in [4.78, 5) is 23.9. The Morgan fingerprint density at radius 3 is 2.33 bits per heavy atom. The number of ether oxygens (including phenoxy) is 1. The van der Waals surface area contributed by atoms with E-state index in [1.54, 1.807) is 0 Å². The quantitative estimate of drug-likeness (QED) is 0.298. The van der Waals surface area contributed by atoms with Crippen LogP contribution in [0.5, 0.6) is 0 Å². The van der Waals surface area contributed by atoms with Gasteiger partial charge in [-0.15, -0.1) is 24.0 Å². The van der Waals surface area contributed by atoms with Crippen molar-refractivity contribution in [3.8, 4) is 0 Å². The fraction of sp³-hybridized carbons (Fsp3) is 0.905. The number of rotatable bonds is 6. The summed E-state index contributed by atoms with van der Waals surface area (Å²) in [6.45, 7) is 9.24. The molecule has 3 saturated heterocycles. The lowest BCUT2D eigenvalue weighted by Crippen LogP contribution is -2.60. The predicted molar refractivity (Wildman–Crippen MR) is 130 cm³/mol. The van der Waals surface area contributed by atoms with Gasteiger partial charge in [-0.1, -0.05) is 0 Å². The number of halogens is 1. The lowest BCUT2D eigenvalue weighted by molar-refractivity contribution is -0.122. The molecule has 3 aliphatic heterocycles. The number of nitrogens with one attached hydrogen (secondary N) is 2. The predicted octanol–water partition coefficient (Wildman–Crippen LogP) is 0.721. The molecule has 2 N–H and O–H groups in total. The molecule has 0 bridgehead atoms. The summed E-state index contributed by atoms with van der Waals surface area (Å²) in [6.07, 6.45) is 7.11. The summed E-state index contributed by atoms with van der Waals surface area (Å²) in [5.41, 5.74) is 0.202. The Balaban J connectivity index is 0.00000256. The van der Waals surface area contributed by atoms with Crippen LogP contribution in [0.15, 0.2) is 4.99 Å². The highest BCUT2D eigenvalue weighted by Crippen LogP contribution is 2.30. The van der Waals surface area contributed by atoms with Gasteiger partial charge in [0.15, 0.2) is 5.96 Å². The van der Waals surface area contributed by atoms with E-state index in [0.29, 0.717) is 12.6 Å². The number of aliphatic imine (C=N–C) groups is 1. The first-order valence-corrected chi connectivity index (χ1v) is 11.5. The van der Waals surface area contributed by atoms with Crippen LogP contribution in [0.3, 0.4) is 0 Å². The van der Waals surface area contributed by atoms with Crippen LogP contribution in [0, 0.1) is 0 Å². The van der Waals surface area contributed by atoms with Gasteiger partial charge in [-0.3, -0.25) is 19.6 Å². The second-order valence-electron chi connectivity index (χ2n) is 9.04. The third kappa shape index (κ3) is 6.20. The Morgan fingerprint density at radius 2 is 1.73 bits per heavy atom. The third-order valence-electron chi connectivity index (χ3n) is 6.97. The SMILES string of the molecule is CN=C(NCC1(N2CCCC2)CCOCC1)N1CCN(CC(=O)NC2CC2)CC1.I. The number of carbonyl (C=O) groups is 1. The number of nitrogens with zero attached hydrogens (tertiary/aromatic N) is 4. The molecule has 1 amide bonds. The molecule has 0 spiro atoms. The molecule has 4 rings (SSSR count). The number of piperazine rings is 1. The zero-order valence-electron chi connectivity index (χ0n) is 18.4. The van der Waals surface area contributed by atoms with Crippen LogP contribution in [0.4, 0.5) is 0 Å². The molecule has 0 aromatic heterocycles. The van der Waals surface area contributed by atoms with Gasteiger partial charge in [0.2, 0.25) is 5.91 Å². The molecule has 0 unspecified atom stereocenters. The molecule has 0 radical (unpaired) electrons. The Bertz CT molecular complexity index is 580. The maximum absolute atomic E-state index is 12.1. The maximum atomic E-state index is 12.1. The number of hydrogen-bond donors (Lipinski definition) is 2. The van der Waals surface area contributed by atoms with Crippen molar-refractivity contribution < 1.29 is 9.53 Å². The lowest BCUT2D eigenvalue weighted by atomic mass is 9.88. The second-order valence-corrected chi connectivity index (χ2v) is 9.04. The first-order chi connectivity index (χ1) is 14.2. The standard InChI is InChI=1S/C21H38N6O2.HI/c1-22-20(23-17-21(6-14-29-15-7-21)27-8-2-3-9-27)26-12-10-25(11-13-26)16-19(28)24-18-4-5-18;/h18H,2-17H2,1H3,(H,22,23)(H,24,28);1H. The average molecular weight is 534 g/mol. The summed E-state index contributed by atoms with van der Waals surface area (Å²) >= 11 is 0. The number of guanidine groups is 1. The number of amides is 1. The smallest absolute Gasteiger partial charge is 0.234 e.